The van der Waals surface area contributed by atoms with Crippen LogP contribution < -0.4 is 5.32 Å². The SMILES string of the molecule is Cc1nn(C)c(C)c1C[C@H](C)C(=O)N[C@H](CC(=O)O)c1cccs1. The molecule has 2 rings (SSSR count). The zero-order valence-electron chi connectivity index (χ0n) is 14.4. The summed E-state index contributed by atoms with van der Waals surface area (Å²) in [5, 5.41) is 18.2. The lowest BCUT2D eigenvalue weighted by atomic mass is 9.98. The van der Waals surface area contributed by atoms with Crippen molar-refractivity contribution in [2.75, 3.05) is 0 Å². The number of hydrogen-bond acceptors (Lipinski definition) is 4. The average Bonchev–Trinajstić information content (AvgIpc) is 3.11. The molecule has 0 unspecified atom stereocenters. The van der Waals surface area contributed by atoms with Gasteiger partial charge >= 0.3 is 5.97 Å². The van der Waals surface area contributed by atoms with Gasteiger partial charge in [0.25, 0.3) is 0 Å². The van der Waals surface area contributed by atoms with Gasteiger partial charge in [-0.2, -0.15) is 5.10 Å². The molecule has 0 aliphatic heterocycles. The van der Waals surface area contributed by atoms with Crippen molar-refractivity contribution in [2.45, 2.75) is 39.7 Å². The summed E-state index contributed by atoms with van der Waals surface area (Å²) in [6, 6.07) is 3.21. The van der Waals surface area contributed by atoms with Crippen molar-refractivity contribution >= 4 is 23.2 Å². The van der Waals surface area contributed by atoms with E-state index >= 15 is 0 Å². The van der Waals surface area contributed by atoms with Crippen LogP contribution >= 0.6 is 11.3 Å². The van der Waals surface area contributed by atoms with E-state index in [0.29, 0.717) is 6.42 Å². The highest BCUT2D eigenvalue weighted by Gasteiger charge is 2.23. The molecule has 0 aromatic carbocycles. The fraction of sp³-hybridized carbons (Fsp3) is 0.471. The number of carboxylic acid groups (broad SMARTS) is 1. The maximum Gasteiger partial charge on any atom is 0.305 e. The third-order valence-corrected chi connectivity index (χ3v) is 5.18. The predicted molar refractivity (Wildman–Crippen MR) is 93.0 cm³/mol. The third-order valence-electron chi connectivity index (χ3n) is 4.20. The second kappa shape index (κ2) is 7.61. The number of aryl methyl sites for hydroxylation is 2. The van der Waals surface area contributed by atoms with Gasteiger partial charge in [0.15, 0.2) is 0 Å². The highest BCUT2D eigenvalue weighted by atomic mass is 32.1. The van der Waals surface area contributed by atoms with Gasteiger partial charge in [0.2, 0.25) is 5.91 Å². The van der Waals surface area contributed by atoms with Crippen molar-refractivity contribution in [3.63, 3.8) is 0 Å². The highest BCUT2D eigenvalue weighted by molar-refractivity contribution is 7.10. The number of nitrogens with zero attached hydrogens (tertiary/aromatic N) is 2. The summed E-state index contributed by atoms with van der Waals surface area (Å²) in [5.41, 5.74) is 3.05. The van der Waals surface area contributed by atoms with Crippen LogP contribution in [0.3, 0.4) is 0 Å². The Morgan fingerprint density at radius 1 is 1.42 bits per heavy atom. The van der Waals surface area contributed by atoms with E-state index in [2.05, 4.69) is 10.4 Å². The summed E-state index contributed by atoms with van der Waals surface area (Å²) in [6.07, 6.45) is 0.464. The predicted octanol–water partition coefficient (Wildman–Crippen LogP) is 2.61. The second-order valence-corrected chi connectivity index (χ2v) is 7.03. The lowest BCUT2D eigenvalue weighted by Crippen LogP contribution is -2.34. The molecule has 0 aliphatic rings. The fourth-order valence-electron chi connectivity index (χ4n) is 2.71. The molecule has 0 spiro atoms. The van der Waals surface area contributed by atoms with Crippen molar-refractivity contribution in [3.8, 4) is 0 Å². The number of hydrogen-bond donors (Lipinski definition) is 2. The van der Waals surface area contributed by atoms with Crippen LogP contribution in [-0.2, 0) is 23.1 Å². The Labute approximate surface area is 145 Å². The van der Waals surface area contributed by atoms with E-state index in [-0.39, 0.29) is 18.2 Å². The number of carbonyl (C=O) groups is 2. The third kappa shape index (κ3) is 4.23. The summed E-state index contributed by atoms with van der Waals surface area (Å²) < 4.78 is 1.81. The molecule has 0 saturated heterocycles. The molecule has 2 N–H and O–H groups in total. The zero-order chi connectivity index (χ0) is 17.9. The number of amides is 1. The summed E-state index contributed by atoms with van der Waals surface area (Å²) in [7, 11) is 1.89. The molecule has 2 heterocycles. The molecule has 0 saturated carbocycles. The molecule has 0 radical (unpaired) electrons. The van der Waals surface area contributed by atoms with Crippen LogP contribution in [0.5, 0.6) is 0 Å². The zero-order valence-corrected chi connectivity index (χ0v) is 15.2. The largest absolute Gasteiger partial charge is 0.481 e. The fourth-order valence-corrected chi connectivity index (χ4v) is 3.49. The first-order valence-corrected chi connectivity index (χ1v) is 8.72. The second-order valence-electron chi connectivity index (χ2n) is 6.05. The molecule has 6 nitrogen and oxygen atoms in total. The van der Waals surface area contributed by atoms with Crippen molar-refractivity contribution in [3.05, 3.63) is 39.3 Å². The lowest BCUT2D eigenvalue weighted by Gasteiger charge is -2.19. The molecule has 0 bridgehead atoms. The number of thiophene rings is 1. The number of carbonyl (C=O) groups excluding carboxylic acids is 1. The van der Waals surface area contributed by atoms with Crippen LogP contribution in [0.2, 0.25) is 0 Å². The Balaban J connectivity index is 2.07. The van der Waals surface area contributed by atoms with E-state index in [4.69, 9.17) is 5.11 Å². The number of nitrogens with one attached hydrogen (secondary N) is 1. The van der Waals surface area contributed by atoms with Gasteiger partial charge in [-0.05, 0) is 37.3 Å². The monoisotopic (exact) mass is 349 g/mol. The van der Waals surface area contributed by atoms with Crippen molar-refractivity contribution in [2.24, 2.45) is 13.0 Å². The molecule has 0 fully saturated rings. The maximum atomic E-state index is 12.5. The van der Waals surface area contributed by atoms with Gasteiger partial charge in [0.05, 0.1) is 18.2 Å². The highest BCUT2D eigenvalue weighted by Crippen LogP contribution is 2.23. The van der Waals surface area contributed by atoms with Crippen LogP contribution in [0, 0.1) is 19.8 Å². The number of aromatic nitrogens is 2. The molecule has 2 aromatic rings. The average molecular weight is 349 g/mol. The first-order valence-electron chi connectivity index (χ1n) is 7.84. The molecule has 130 valence electrons. The first kappa shape index (κ1) is 18.2. The Hall–Kier alpha value is -2.15. The minimum Gasteiger partial charge on any atom is -0.481 e. The lowest BCUT2D eigenvalue weighted by molar-refractivity contribution is -0.137. The molecular formula is C17H23N3O3S. The topological polar surface area (TPSA) is 84.2 Å². The maximum absolute atomic E-state index is 12.5. The Morgan fingerprint density at radius 2 is 2.12 bits per heavy atom. The summed E-state index contributed by atoms with van der Waals surface area (Å²) in [4.78, 5) is 24.5. The summed E-state index contributed by atoms with van der Waals surface area (Å²) >= 11 is 1.45. The molecule has 24 heavy (non-hydrogen) atoms. The van der Waals surface area contributed by atoms with Crippen LogP contribution in [0.1, 0.15) is 41.2 Å². The minimum atomic E-state index is -0.930. The number of carboxylic acids is 1. The Bertz CT molecular complexity index is 722. The van der Waals surface area contributed by atoms with Gasteiger partial charge in [0.1, 0.15) is 0 Å². The van der Waals surface area contributed by atoms with Crippen molar-refractivity contribution in [1.29, 1.82) is 0 Å². The van der Waals surface area contributed by atoms with Crippen LogP contribution in [0.25, 0.3) is 0 Å². The van der Waals surface area contributed by atoms with Crippen LogP contribution in [0.4, 0.5) is 0 Å². The number of rotatable bonds is 7. The van der Waals surface area contributed by atoms with Gasteiger partial charge in [-0.25, -0.2) is 0 Å². The minimum absolute atomic E-state index is 0.121. The van der Waals surface area contributed by atoms with E-state index in [9.17, 15) is 9.59 Å². The van der Waals surface area contributed by atoms with Gasteiger partial charge in [-0.15, -0.1) is 11.3 Å². The molecule has 2 aromatic heterocycles. The van der Waals surface area contributed by atoms with E-state index in [1.165, 1.54) is 11.3 Å². The van der Waals surface area contributed by atoms with Gasteiger partial charge in [0, 0.05) is 23.5 Å². The van der Waals surface area contributed by atoms with Gasteiger partial charge in [-0.3, -0.25) is 14.3 Å². The molecule has 1 amide bonds. The van der Waals surface area contributed by atoms with E-state index in [0.717, 1.165) is 21.8 Å². The molecule has 7 heteroatoms. The summed E-state index contributed by atoms with van der Waals surface area (Å²) in [6.45, 7) is 5.78. The van der Waals surface area contributed by atoms with Crippen molar-refractivity contribution in [1.82, 2.24) is 15.1 Å². The van der Waals surface area contributed by atoms with E-state index in [1.54, 1.807) is 0 Å². The molecular weight excluding hydrogens is 326 g/mol. The quantitative estimate of drug-likeness (QED) is 0.805. The van der Waals surface area contributed by atoms with E-state index in [1.807, 2.05) is 50.0 Å². The summed E-state index contributed by atoms with van der Waals surface area (Å²) in [5.74, 6) is -1.33. The standard InChI is InChI=1S/C17H23N3O3S/c1-10(8-13-11(2)19-20(4)12(13)3)17(23)18-14(9-16(21)22)15-6-5-7-24-15/h5-7,10,14H,8-9H2,1-4H3,(H,18,23)(H,21,22)/t10-,14+/m0/s1. The number of aliphatic carboxylic acids is 1. The van der Waals surface area contributed by atoms with Crippen LogP contribution in [0.15, 0.2) is 17.5 Å². The Morgan fingerprint density at radius 3 is 2.62 bits per heavy atom. The smallest absolute Gasteiger partial charge is 0.305 e. The molecule has 0 aliphatic carbocycles. The Kier molecular flexibility index (Phi) is 5.77. The van der Waals surface area contributed by atoms with E-state index < -0.39 is 12.0 Å². The molecule has 2 atom stereocenters. The van der Waals surface area contributed by atoms with Crippen LogP contribution in [-0.4, -0.2) is 26.8 Å². The van der Waals surface area contributed by atoms with Gasteiger partial charge in [-0.1, -0.05) is 13.0 Å². The normalized spacial score (nSPS) is 13.5. The first-order chi connectivity index (χ1) is 11.3. The van der Waals surface area contributed by atoms with Gasteiger partial charge < -0.3 is 10.4 Å². The van der Waals surface area contributed by atoms with Crippen molar-refractivity contribution < 1.29 is 14.7 Å².